The lowest BCUT2D eigenvalue weighted by atomic mass is 9.98. The molecule has 1 saturated heterocycles. The maximum atomic E-state index is 6.53. The number of aromatic nitrogens is 2. The smallest absolute Gasteiger partial charge is 0.186 e. The molecule has 5 atom stereocenters. The Morgan fingerprint density at radius 2 is 1.49 bits per heavy atom. The molecule has 0 amide bonds. The van der Waals surface area contributed by atoms with Crippen LogP contribution in [0.2, 0.25) is 0 Å². The lowest BCUT2D eigenvalue weighted by Gasteiger charge is -2.45. The fraction of sp³-hybridized carbons (Fsp3) is 0.500. The van der Waals surface area contributed by atoms with E-state index in [9.17, 15) is 0 Å². The highest BCUT2D eigenvalue weighted by Gasteiger charge is 2.48. The molecule has 39 heavy (non-hydrogen) atoms. The van der Waals surface area contributed by atoms with Gasteiger partial charge in [0.25, 0.3) is 0 Å². The van der Waals surface area contributed by atoms with Gasteiger partial charge < -0.3 is 39.1 Å². The maximum Gasteiger partial charge on any atom is 0.186 e. The number of unbranched alkanes of at least 4 members (excludes halogenated alkanes) is 2. The Kier molecular flexibility index (Phi) is 12.4. The van der Waals surface area contributed by atoms with Crippen molar-refractivity contribution in [2.24, 2.45) is 5.73 Å². The van der Waals surface area contributed by atoms with Gasteiger partial charge in [0.15, 0.2) is 6.29 Å². The highest BCUT2D eigenvalue weighted by Crippen LogP contribution is 2.31. The molecule has 1 aliphatic rings. The second kappa shape index (κ2) is 16.5. The zero-order valence-corrected chi connectivity index (χ0v) is 22.7. The number of methoxy groups -OCH3 is 1. The third-order valence-electron chi connectivity index (χ3n) is 6.66. The quantitative estimate of drug-likeness (QED) is 0.248. The van der Waals surface area contributed by atoms with Gasteiger partial charge in [-0.15, -0.1) is 0 Å². The number of nitrogens with one attached hydrogen (secondary N) is 1. The van der Waals surface area contributed by atoms with Gasteiger partial charge in [0.2, 0.25) is 0 Å². The first-order valence-electron chi connectivity index (χ1n) is 13.6. The second-order valence-electron chi connectivity index (χ2n) is 9.58. The van der Waals surface area contributed by atoms with Gasteiger partial charge in [-0.3, -0.25) is 0 Å². The Labute approximate surface area is 230 Å². The van der Waals surface area contributed by atoms with Crippen molar-refractivity contribution in [3.8, 4) is 0 Å². The summed E-state index contributed by atoms with van der Waals surface area (Å²) in [4.78, 5) is 7.22. The summed E-state index contributed by atoms with van der Waals surface area (Å²) in [6, 6.07) is 20.1. The van der Waals surface area contributed by atoms with Gasteiger partial charge in [-0.05, 0) is 36.9 Å². The van der Waals surface area contributed by atoms with Gasteiger partial charge in [0, 0.05) is 13.7 Å². The molecule has 1 aromatic heterocycles. The molecule has 9 nitrogen and oxygen atoms in total. The summed E-state index contributed by atoms with van der Waals surface area (Å²) in [6.07, 6.45) is 3.75. The molecule has 3 N–H and O–H groups in total. The number of aromatic amines is 1. The van der Waals surface area contributed by atoms with Crippen LogP contribution in [0.15, 0.2) is 73.2 Å². The highest BCUT2D eigenvalue weighted by atomic mass is 16.7. The lowest BCUT2D eigenvalue weighted by molar-refractivity contribution is -0.323. The van der Waals surface area contributed by atoms with Gasteiger partial charge in [0.1, 0.15) is 24.4 Å². The topological polar surface area (TPSA) is 110 Å². The summed E-state index contributed by atoms with van der Waals surface area (Å²) < 4.78 is 37.7. The summed E-state index contributed by atoms with van der Waals surface area (Å²) in [7, 11) is 1.62. The zero-order valence-electron chi connectivity index (χ0n) is 22.7. The van der Waals surface area contributed by atoms with Crippen LogP contribution in [0.4, 0.5) is 0 Å². The van der Waals surface area contributed by atoms with Crippen LogP contribution in [0, 0.1) is 0 Å². The molecule has 2 heterocycles. The number of H-pyrrole nitrogens is 1. The normalized spacial score (nSPS) is 23.2. The molecule has 0 aliphatic carbocycles. The number of hydrogen-bond acceptors (Lipinski definition) is 8. The van der Waals surface area contributed by atoms with Crippen molar-refractivity contribution in [3.05, 3.63) is 90.0 Å². The van der Waals surface area contributed by atoms with Crippen LogP contribution >= 0.6 is 0 Å². The predicted octanol–water partition coefficient (Wildman–Crippen LogP) is 3.98. The average Bonchev–Trinajstić information content (AvgIpc) is 3.51. The lowest BCUT2D eigenvalue weighted by Crippen LogP contribution is -2.61. The van der Waals surface area contributed by atoms with Crippen molar-refractivity contribution in [1.29, 1.82) is 0 Å². The maximum absolute atomic E-state index is 6.53. The zero-order chi connectivity index (χ0) is 27.1. The van der Waals surface area contributed by atoms with Crippen LogP contribution in [0.1, 0.15) is 36.1 Å². The summed E-state index contributed by atoms with van der Waals surface area (Å²) in [5, 5.41) is 0. The van der Waals surface area contributed by atoms with Gasteiger partial charge in [-0.25, -0.2) is 4.98 Å². The summed E-state index contributed by atoms with van der Waals surface area (Å²) >= 11 is 0. The van der Waals surface area contributed by atoms with Crippen LogP contribution < -0.4 is 5.73 Å². The minimum absolute atomic E-state index is 0.310. The van der Waals surface area contributed by atoms with Crippen molar-refractivity contribution in [3.63, 3.8) is 0 Å². The van der Waals surface area contributed by atoms with Crippen molar-refractivity contribution in [1.82, 2.24) is 9.97 Å². The molecular formula is C30H41N3O6. The molecule has 1 fully saturated rings. The molecule has 2 aromatic carbocycles. The molecule has 0 unspecified atom stereocenters. The van der Waals surface area contributed by atoms with Gasteiger partial charge in [0.05, 0.1) is 44.6 Å². The third-order valence-corrected chi connectivity index (χ3v) is 6.66. The van der Waals surface area contributed by atoms with Crippen molar-refractivity contribution in [2.75, 3.05) is 26.9 Å². The largest absolute Gasteiger partial charge is 0.379 e. The SMILES string of the molecule is CO[C@@H]1O[C@H](COCCCCCN)[C@@H](OCc2ccccc2)[C@H](OCc2cnc[nH]2)[C@H]1OCc1ccccc1. The molecule has 9 heteroatoms. The van der Waals surface area contributed by atoms with Crippen LogP contribution in [-0.4, -0.2) is 67.5 Å². The van der Waals surface area contributed by atoms with Crippen molar-refractivity contribution >= 4 is 0 Å². The average molecular weight is 540 g/mol. The Morgan fingerprint density at radius 1 is 0.821 bits per heavy atom. The molecule has 1 aliphatic heterocycles. The number of benzene rings is 2. The molecule has 0 bridgehead atoms. The first-order chi connectivity index (χ1) is 19.3. The third kappa shape index (κ3) is 9.22. The number of nitrogens with two attached hydrogens (primary N) is 1. The van der Waals surface area contributed by atoms with E-state index in [1.807, 2.05) is 60.7 Å². The van der Waals surface area contributed by atoms with E-state index in [0.29, 0.717) is 39.6 Å². The first kappa shape index (κ1) is 29.4. The number of nitrogens with zero attached hydrogens (tertiary/aromatic N) is 1. The fourth-order valence-corrected chi connectivity index (χ4v) is 4.58. The molecular weight excluding hydrogens is 498 g/mol. The minimum atomic E-state index is -0.664. The Hall–Kier alpha value is -2.63. The summed E-state index contributed by atoms with van der Waals surface area (Å²) in [6.45, 7) is 2.75. The predicted molar refractivity (Wildman–Crippen MR) is 147 cm³/mol. The van der Waals surface area contributed by atoms with E-state index in [0.717, 1.165) is 36.1 Å². The van der Waals surface area contributed by atoms with Gasteiger partial charge in [-0.1, -0.05) is 60.7 Å². The molecule has 212 valence electrons. The monoisotopic (exact) mass is 539 g/mol. The Morgan fingerprint density at radius 3 is 2.10 bits per heavy atom. The first-order valence-corrected chi connectivity index (χ1v) is 13.6. The number of ether oxygens (including phenoxy) is 6. The fourth-order valence-electron chi connectivity index (χ4n) is 4.58. The molecule has 0 spiro atoms. The van der Waals surface area contributed by atoms with E-state index in [1.165, 1.54) is 0 Å². The minimum Gasteiger partial charge on any atom is -0.379 e. The van der Waals surface area contributed by atoms with E-state index in [1.54, 1.807) is 19.6 Å². The Bertz CT molecular complexity index is 1020. The van der Waals surface area contributed by atoms with Crippen LogP contribution in [0.25, 0.3) is 0 Å². The van der Waals surface area contributed by atoms with Gasteiger partial charge >= 0.3 is 0 Å². The van der Waals surface area contributed by atoms with E-state index in [-0.39, 0.29) is 0 Å². The number of hydrogen-bond donors (Lipinski definition) is 2. The van der Waals surface area contributed by atoms with Crippen molar-refractivity contribution < 1.29 is 28.4 Å². The van der Waals surface area contributed by atoms with Crippen LogP contribution in [0.3, 0.4) is 0 Å². The number of imidazole rings is 1. The van der Waals surface area contributed by atoms with Gasteiger partial charge in [-0.2, -0.15) is 0 Å². The summed E-state index contributed by atoms with van der Waals surface area (Å²) in [5.41, 5.74) is 8.58. The molecule has 0 radical (unpaired) electrons. The molecule has 4 rings (SSSR count). The Balaban J connectivity index is 1.53. The molecule has 0 saturated carbocycles. The van der Waals surface area contributed by atoms with E-state index < -0.39 is 30.7 Å². The number of rotatable bonds is 17. The van der Waals surface area contributed by atoms with E-state index in [4.69, 9.17) is 34.2 Å². The summed E-state index contributed by atoms with van der Waals surface area (Å²) in [5.74, 6) is 0. The van der Waals surface area contributed by atoms with E-state index >= 15 is 0 Å². The molecule has 3 aromatic rings. The van der Waals surface area contributed by atoms with Crippen molar-refractivity contribution in [2.45, 2.75) is 69.8 Å². The highest BCUT2D eigenvalue weighted by molar-refractivity contribution is 5.14. The second-order valence-corrected chi connectivity index (χ2v) is 9.58. The van der Waals surface area contributed by atoms with Crippen LogP contribution in [0.5, 0.6) is 0 Å². The van der Waals surface area contributed by atoms with Crippen LogP contribution in [-0.2, 0) is 48.2 Å². The standard InChI is InChI=1S/C30H41N3O6/c1-34-30-29(37-19-24-13-7-3-8-14-24)28(38-20-25-17-32-22-33-25)27(36-18-23-11-5-2-6-12-23)26(39-30)21-35-16-10-4-9-15-31/h2-3,5-8,11-14,17,22,26-30H,4,9-10,15-16,18-21,31H2,1H3,(H,32,33)/t26-,27-,28+,29-,30-/m1/s1. The van der Waals surface area contributed by atoms with E-state index in [2.05, 4.69) is 9.97 Å².